The van der Waals surface area contributed by atoms with Crippen molar-refractivity contribution in [2.24, 2.45) is 0 Å². The number of nitrogens with one attached hydrogen (secondary N) is 1. The number of rotatable bonds is 2. The fraction of sp³-hybridized carbons (Fsp3) is 0.333. The summed E-state index contributed by atoms with van der Waals surface area (Å²) in [7, 11) is 0. The number of aliphatic hydroxyl groups is 1. The molecule has 1 unspecified atom stereocenters. The van der Waals surface area contributed by atoms with Gasteiger partial charge in [0.1, 0.15) is 5.75 Å². The number of hydrogen-bond donors (Lipinski definition) is 3. The van der Waals surface area contributed by atoms with Crippen LogP contribution < -0.4 is 5.32 Å². The Balaban J connectivity index is 1.91. The molecule has 1 fully saturated rings. The van der Waals surface area contributed by atoms with Crippen molar-refractivity contribution >= 4 is 0 Å². The van der Waals surface area contributed by atoms with Gasteiger partial charge in [0.05, 0.1) is 0 Å². The van der Waals surface area contributed by atoms with Gasteiger partial charge in [-0.2, -0.15) is 4.98 Å². The van der Waals surface area contributed by atoms with Crippen LogP contribution in [0.3, 0.4) is 0 Å². The molecule has 6 nitrogen and oxygen atoms in total. The van der Waals surface area contributed by atoms with Crippen LogP contribution >= 0.6 is 0 Å². The summed E-state index contributed by atoms with van der Waals surface area (Å²) in [5.41, 5.74) is -0.334. The second-order valence-corrected chi connectivity index (χ2v) is 4.43. The van der Waals surface area contributed by atoms with Crippen LogP contribution in [0.4, 0.5) is 0 Å². The van der Waals surface area contributed by atoms with E-state index in [4.69, 9.17) is 4.52 Å². The van der Waals surface area contributed by atoms with Gasteiger partial charge in [0.25, 0.3) is 5.89 Å². The SMILES string of the molecule is Oc1ccc(-c2noc(C3(O)CCNC3)n2)cc1. The third-order valence-corrected chi connectivity index (χ3v) is 3.08. The summed E-state index contributed by atoms with van der Waals surface area (Å²) in [6.45, 7) is 1.15. The molecule has 0 aliphatic carbocycles. The number of hydrogen-bond acceptors (Lipinski definition) is 6. The van der Waals surface area contributed by atoms with Gasteiger partial charge in [0.2, 0.25) is 5.82 Å². The van der Waals surface area contributed by atoms with E-state index in [-0.39, 0.29) is 11.6 Å². The zero-order valence-electron chi connectivity index (χ0n) is 9.63. The van der Waals surface area contributed by atoms with Gasteiger partial charge in [-0.15, -0.1) is 0 Å². The van der Waals surface area contributed by atoms with E-state index in [1.165, 1.54) is 0 Å². The van der Waals surface area contributed by atoms with Crippen molar-refractivity contribution in [1.82, 2.24) is 15.5 Å². The molecular weight excluding hydrogens is 234 g/mol. The van der Waals surface area contributed by atoms with Crippen LogP contribution in [0.1, 0.15) is 12.3 Å². The fourth-order valence-electron chi connectivity index (χ4n) is 2.00. The molecule has 0 bridgehead atoms. The Hall–Kier alpha value is -1.92. The van der Waals surface area contributed by atoms with Crippen LogP contribution in [0.5, 0.6) is 5.75 Å². The van der Waals surface area contributed by atoms with Gasteiger partial charge in [-0.1, -0.05) is 5.16 Å². The minimum atomic E-state index is -1.07. The van der Waals surface area contributed by atoms with Crippen LogP contribution in [0.15, 0.2) is 28.8 Å². The van der Waals surface area contributed by atoms with Crippen molar-refractivity contribution in [3.05, 3.63) is 30.2 Å². The number of phenols is 1. The molecule has 1 aliphatic heterocycles. The maximum Gasteiger partial charge on any atom is 0.260 e. The highest BCUT2D eigenvalue weighted by Crippen LogP contribution is 2.28. The molecule has 1 aromatic carbocycles. The number of phenolic OH excluding ortho intramolecular Hbond substituents is 1. The zero-order chi connectivity index (χ0) is 12.6. The van der Waals surface area contributed by atoms with Crippen molar-refractivity contribution in [1.29, 1.82) is 0 Å². The summed E-state index contributed by atoms with van der Waals surface area (Å²) in [6.07, 6.45) is 0.560. The van der Waals surface area contributed by atoms with Gasteiger partial charge >= 0.3 is 0 Å². The van der Waals surface area contributed by atoms with E-state index >= 15 is 0 Å². The van der Waals surface area contributed by atoms with Gasteiger partial charge < -0.3 is 20.1 Å². The number of aromatic hydroxyl groups is 1. The molecule has 6 heteroatoms. The van der Waals surface area contributed by atoms with Crippen molar-refractivity contribution in [3.8, 4) is 17.1 Å². The highest BCUT2D eigenvalue weighted by Gasteiger charge is 2.38. The van der Waals surface area contributed by atoms with E-state index in [0.717, 1.165) is 12.1 Å². The summed E-state index contributed by atoms with van der Waals surface area (Å²) in [5, 5.41) is 26.4. The van der Waals surface area contributed by atoms with Crippen LogP contribution in [0.2, 0.25) is 0 Å². The largest absolute Gasteiger partial charge is 0.508 e. The van der Waals surface area contributed by atoms with Crippen molar-refractivity contribution in [3.63, 3.8) is 0 Å². The van der Waals surface area contributed by atoms with Crippen LogP contribution in [0, 0.1) is 0 Å². The highest BCUT2D eigenvalue weighted by molar-refractivity contribution is 5.55. The Labute approximate surface area is 103 Å². The monoisotopic (exact) mass is 247 g/mol. The van der Waals surface area contributed by atoms with Gasteiger partial charge in [-0.25, -0.2) is 0 Å². The molecule has 2 aromatic rings. The number of nitrogens with zero attached hydrogens (tertiary/aromatic N) is 2. The summed E-state index contributed by atoms with van der Waals surface area (Å²) < 4.78 is 5.12. The van der Waals surface area contributed by atoms with Crippen molar-refractivity contribution in [2.75, 3.05) is 13.1 Å². The minimum absolute atomic E-state index is 0.182. The predicted molar refractivity (Wildman–Crippen MR) is 62.8 cm³/mol. The summed E-state index contributed by atoms with van der Waals surface area (Å²) >= 11 is 0. The average Bonchev–Trinajstić information content (AvgIpc) is 2.99. The second-order valence-electron chi connectivity index (χ2n) is 4.43. The molecule has 0 radical (unpaired) electrons. The standard InChI is InChI=1S/C12H13N3O3/c16-9-3-1-8(2-4-9)10-14-11(18-15-10)12(17)5-6-13-7-12/h1-4,13,16-17H,5-7H2. The first-order valence-corrected chi connectivity index (χ1v) is 5.74. The first-order chi connectivity index (χ1) is 8.67. The lowest BCUT2D eigenvalue weighted by Gasteiger charge is -2.14. The number of β-amino-alcohol motifs (C(OH)–C–C–N with tert-alkyl or cyclic N) is 1. The minimum Gasteiger partial charge on any atom is -0.508 e. The lowest BCUT2D eigenvalue weighted by molar-refractivity contribution is 0.0243. The number of benzene rings is 1. The molecule has 1 aliphatic rings. The normalized spacial score (nSPS) is 23.4. The van der Waals surface area contributed by atoms with E-state index in [9.17, 15) is 10.2 Å². The van der Waals surface area contributed by atoms with Crippen LogP contribution in [-0.4, -0.2) is 33.4 Å². The van der Waals surface area contributed by atoms with E-state index in [1.54, 1.807) is 24.3 Å². The molecule has 18 heavy (non-hydrogen) atoms. The third kappa shape index (κ3) is 1.85. The molecule has 94 valence electrons. The molecule has 0 amide bonds. The van der Waals surface area contributed by atoms with E-state index in [0.29, 0.717) is 18.8 Å². The fourth-order valence-corrected chi connectivity index (χ4v) is 2.00. The van der Waals surface area contributed by atoms with Crippen LogP contribution in [0.25, 0.3) is 11.4 Å². The molecule has 1 aromatic heterocycles. The second kappa shape index (κ2) is 4.08. The van der Waals surface area contributed by atoms with Crippen molar-refractivity contribution < 1.29 is 14.7 Å². The van der Waals surface area contributed by atoms with E-state index < -0.39 is 5.60 Å². The number of aromatic nitrogens is 2. The first kappa shape index (κ1) is 11.2. The third-order valence-electron chi connectivity index (χ3n) is 3.08. The summed E-state index contributed by atoms with van der Waals surface area (Å²) in [6, 6.07) is 6.50. The zero-order valence-corrected chi connectivity index (χ0v) is 9.63. The highest BCUT2D eigenvalue weighted by atomic mass is 16.5. The smallest absolute Gasteiger partial charge is 0.260 e. The van der Waals surface area contributed by atoms with Gasteiger partial charge in [-0.05, 0) is 37.2 Å². The van der Waals surface area contributed by atoms with Gasteiger partial charge in [0.15, 0.2) is 5.60 Å². The Bertz CT molecular complexity index is 544. The van der Waals surface area contributed by atoms with Gasteiger partial charge in [-0.3, -0.25) is 0 Å². The molecule has 0 saturated carbocycles. The molecule has 2 heterocycles. The average molecular weight is 247 g/mol. The molecule has 3 rings (SSSR count). The maximum absolute atomic E-state index is 10.3. The van der Waals surface area contributed by atoms with Crippen molar-refractivity contribution in [2.45, 2.75) is 12.0 Å². The van der Waals surface area contributed by atoms with Crippen LogP contribution in [-0.2, 0) is 5.60 Å². The molecule has 1 saturated heterocycles. The van der Waals surface area contributed by atoms with Gasteiger partial charge in [0, 0.05) is 12.1 Å². The topological polar surface area (TPSA) is 91.4 Å². The molecule has 3 N–H and O–H groups in total. The lowest BCUT2D eigenvalue weighted by Crippen LogP contribution is -2.28. The molecule has 1 atom stereocenters. The summed E-state index contributed by atoms with van der Waals surface area (Å²) in [4.78, 5) is 4.21. The lowest BCUT2D eigenvalue weighted by atomic mass is 10.0. The Morgan fingerprint density at radius 3 is 2.72 bits per heavy atom. The summed E-state index contributed by atoms with van der Waals surface area (Å²) in [5.74, 6) is 0.821. The maximum atomic E-state index is 10.3. The van der Waals surface area contributed by atoms with E-state index in [1.807, 2.05) is 0 Å². The Morgan fingerprint density at radius 1 is 1.28 bits per heavy atom. The quantitative estimate of drug-likeness (QED) is 0.720. The Morgan fingerprint density at radius 2 is 2.06 bits per heavy atom. The molecular formula is C12H13N3O3. The molecule has 0 spiro atoms. The Kier molecular flexibility index (Phi) is 2.53. The predicted octanol–water partition coefficient (Wildman–Crippen LogP) is 0.623. The first-order valence-electron chi connectivity index (χ1n) is 5.74. The van der Waals surface area contributed by atoms with E-state index in [2.05, 4.69) is 15.5 Å².